The standard InChI is InChI=1S/C17H23F3N2O.ClH/c1-2-4-15(22-16(23)12-7-9-21-10-8-12)13-5-3-6-14(11-13)17(18,19)20;/h3,5-6,11-12,15,21H,2,4,7-10H2,1H3,(H,22,23);1H. The number of piperidine rings is 1. The largest absolute Gasteiger partial charge is 0.416 e. The van der Waals surface area contributed by atoms with Gasteiger partial charge in [-0.2, -0.15) is 13.2 Å². The highest BCUT2D eigenvalue weighted by Gasteiger charge is 2.31. The molecule has 1 heterocycles. The molecule has 0 aromatic heterocycles. The number of amides is 1. The van der Waals surface area contributed by atoms with Crippen molar-refractivity contribution in [3.63, 3.8) is 0 Å². The Balaban J connectivity index is 0.00000288. The van der Waals surface area contributed by atoms with E-state index in [-0.39, 0.29) is 30.3 Å². The van der Waals surface area contributed by atoms with Crippen LogP contribution in [-0.4, -0.2) is 19.0 Å². The fraction of sp³-hybridized carbons (Fsp3) is 0.588. The first-order valence-corrected chi connectivity index (χ1v) is 8.10. The van der Waals surface area contributed by atoms with E-state index in [1.807, 2.05) is 6.92 Å². The number of rotatable bonds is 5. The van der Waals surface area contributed by atoms with E-state index in [0.717, 1.165) is 44.5 Å². The summed E-state index contributed by atoms with van der Waals surface area (Å²) >= 11 is 0. The molecule has 1 aromatic carbocycles. The van der Waals surface area contributed by atoms with E-state index < -0.39 is 11.7 Å². The van der Waals surface area contributed by atoms with Crippen molar-refractivity contribution < 1.29 is 18.0 Å². The van der Waals surface area contributed by atoms with Crippen LogP contribution in [0.1, 0.15) is 49.8 Å². The first-order valence-electron chi connectivity index (χ1n) is 8.10. The maximum absolute atomic E-state index is 12.9. The number of alkyl halides is 3. The monoisotopic (exact) mass is 364 g/mol. The lowest BCUT2D eigenvalue weighted by molar-refractivity contribution is -0.137. The molecular formula is C17H24ClF3N2O. The zero-order valence-electron chi connectivity index (χ0n) is 13.7. The molecule has 136 valence electrons. The zero-order valence-corrected chi connectivity index (χ0v) is 14.5. The van der Waals surface area contributed by atoms with Crippen molar-refractivity contribution in [3.8, 4) is 0 Å². The van der Waals surface area contributed by atoms with Crippen molar-refractivity contribution in [2.24, 2.45) is 5.92 Å². The van der Waals surface area contributed by atoms with Gasteiger partial charge in [0, 0.05) is 5.92 Å². The highest BCUT2D eigenvalue weighted by Crippen LogP contribution is 2.31. The van der Waals surface area contributed by atoms with Crippen molar-refractivity contribution in [1.82, 2.24) is 10.6 Å². The predicted octanol–water partition coefficient (Wildman–Crippen LogP) is 4.08. The number of hydrogen-bond donors (Lipinski definition) is 2. The van der Waals surface area contributed by atoms with Crippen molar-refractivity contribution in [2.45, 2.75) is 44.8 Å². The van der Waals surface area contributed by atoms with Gasteiger partial charge >= 0.3 is 6.18 Å². The number of hydrogen-bond acceptors (Lipinski definition) is 2. The molecule has 1 amide bonds. The summed E-state index contributed by atoms with van der Waals surface area (Å²) in [6.07, 6.45) is -1.42. The molecule has 1 aromatic rings. The van der Waals surface area contributed by atoms with Crippen LogP contribution < -0.4 is 10.6 Å². The molecular weight excluding hydrogens is 341 g/mol. The quantitative estimate of drug-likeness (QED) is 0.826. The van der Waals surface area contributed by atoms with Crippen LogP contribution >= 0.6 is 12.4 Å². The molecule has 24 heavy (non-hydrogen) atoms. The number of carbonyl (C=O) groups is 1. The van der Waals surface area contributed by atoms with Gasteiger partial charge in [-0.3, -0.25) is 4.79 Å². The number of carbonyl (C=O) groups excluding carboxylic acids is 1. The van der Waals surface area contributed by atoms with Crippen LogP contribution in [0.2, 0.25) is 0 Å². The molecule has 1 fully saturated rings. The van der Waals surface area contributed by atoms with Crippen LogP contribution in [0.25, 0.3) is 0 Å². The topological polar surface area (TPSA) is 41.1 Å². The van der Waals surface area contributed by atoms with E-state index in [2.05, 4.69) is 10.6 Å². The molecule has 0 saturated carbocycles. The maximum atomic E-state index is 12.9. The normalized spacial score (nSPS) is 17.0. The lowest BCUT2D eigenvalue weighted by Gasteiger charge is -2.26. The molecule has 7 heteroatoms. The van der Waals surface area contributed by atoms with Crippen LogP contribution in [0.15, 0.2) is 24.3 Å². The van der Waals surface area contributed by atoms with Gasteiger partial charge in [-0.15, -0.1) is 12.4 Å². The van der Waals surface area contributed by atoms with Gasteiger partial charge in [-0.1, -0.05) is 25.5 Å². The first kappa shape index (κ1) is 20.8. The van der Waals surface area contributed by atoms with E-state index in [1.165, 1.54) is 6.07 Å². The Morgan fingerprint density at radius 3 is 2.58 bits per heavy atom. The van der Waals surface area contributed by atoms with Gasteiger partial charge in [0.2, 0.25) is 5.91 Å². The first-order chi connectivity index (χ1) is 10.9. The average Bonchev–Trinajstić information content (AvgIpc) is 2.54. The predicted molar refractivity (Wildman–Crippen MR) is 90.1 cm³/mol. The SMILES string of the molecule is CCCC(NC(=O)C1CCNCC1)c1cccc(C(F)(F)F)c1.Cl. The van der Waals surface area contributed by atoms with Crippen molar-refractivity contribution in [1.29, 1.82) is 0 Å². The summed E-state index contributed by atoms with van der Waals surface area (Å²) < 4.78 is 38.6. The van der Waals surface area contributed by atoms with Gasteiger partial charge in [-0.05, 0) is 50.0 Å². The molecule has 1 atom stereocenters. The Labute approximate surface area is 146 Å². The van der Waals surface area contributed by atoms with Gasteiger partial charge in [0.15, 0.2) is 0 Å². The van der Waals surface area contributed by atoms with Gasteiger partial charge in [-0.25, -0.2) is 0 Å². The molecule has 0 radical (unpaired) electrons. The fourth-order valence-corrected chi connectivity index (χ4v) is 2.92. The molecule has 1 unspecified atom stereocenters. The van der Waals surface area contributed by atoms with Gasteiger partial charge in [0.25, 0.3) is 0 Å². The second-order valence-electron chi connectivity index (χ2n) is 6.00. The van der Waals surface area contributed by atoms with Crippen molar-refractivity contribution in [3.05, 3.63) is 35.4 Å². The molecule has 0 bridgehead atoms. The molecule has 1 aliphatic rings. The van der Waals surface area contributed by atoms with Crippen LogP contribution in [-0.2, 0) is 11.0 Å². The summed E-state index contributed by atoms with van der Waals surface area (Å²) in [5.74, 6) is -0.108. The lowest BCUT2D eigenvalue weighted by Crippen LogP contribution is -2.39. The van der Waals surface area contributed by atoms with Crippen molar-refractivity contribution in [2.75, 3.05) is 13.1 Å². The van der Waals surface area contributed by atoms with E-state index in [1.54, 1.807) is 6.07 Å². The molecule has 3 nitrogen and oxygen atoms in total. The summed E-state index contributed by atoms with van der Waals surface area (Å²) in [4.78, 5) is 12.4. The minimum absolute atomic E-state index is 0. The molecule has 1 saturated heterocycles. The minimum atomic E-state index is -4.37. The van der Waals surface area contributed by atoms with Gasteiger partial charge in [0.1, 0.15) is 0 Å². The highest BCUT2D eigenvalue weighted by molar-refractivity contribution is 5.85. The molecule has 0 spiro atoms. The van der Waals surface area contributed by atoms with Crippen LogP contribution in [0, 0.1) is 5.92 Å². The van der Waals surface area contributed by atoms with E-state index in [0.29, 0.717) is 12.0 Å². The Morgan fingerprint density at radius 2 is 2.00 bits per heavy atom. The number of nitrogens with one attached hydrogen (secondary N) is 2. The zero-order chi connectivity index (χ0) is 16.9. The third kappa shape index (κ3) is 5.67. The lowest BCUT2D eigenvalue weighted by atomic mass is 9.95. The highest BCUT2D eigenvalue weighted by atomic mass is 35.5. The van der Waals surface area contributed by atoms with Gasteiger partial charge in [0.05, 0.1) is 11.6 Å². The number of halogens is 4. The molecule has 0 aliphatic carbocycles. The summed E-state index contributed by atoms with van der Waals surface area (Å²) in [7, 11) is 0. The second-order valence-corrected chi connectivity index (χ2v) is 6.00. The summed E-state index contributed by atoms with van der Waals surface area (Å²) in [5, 5.41) is 6.15. The fourth-order valence-electron chi connectivity index (χ4n) is 2.92. The van der Waals surface area contributed by atoms with E-state index in [4.69, 9.17) is 0 Å². The number of benzene rings is 1. The smallest absolute Gasteiger partial charge is 0.349 e. The Bertz CT molecular complexity index is 531. The van der Waals surface area contributed by atoms with E-state index >= 15 is 0 Å². The molecule has 1 aliphatic heterocycles. The maximum Gasteiger partial charge on any atom is 0.416 e. The molecule has 2 rings (SSSR count). The Kier molecular flexibility index (Phi) is 8.03. The van der Waals surface area contributed by atoms with Crippen molar-refractivity contribution >= 4 is 18.3 Å². The molecule has 2 N–H and O–H groups in total. The second kappa shape index (κ2) is 9.28. The third-order valence-corrected chi connectivity index (χ3v) is 4.22. The average molecular weight is 365 g/mol. The van der Waals surface area contributed by atoms with Crippen LogP contribution in [0.3, 0.4) is 0 Å². The Hall–Kier alpha value is -1.27. The van der Waals surface area contributed by atoms with Gasteiger partial charge < -0.3 is 10.6 Å². The third-order valence-electron chi connectivity index (χ3n) is 4.22. The summed E-state index contributed by atoms with van der Waals surface area (Å²) in [5.41, 5.74) is -0.156. The Morgan fingerprint density at radius 1 is 1.33 bits per heavy atom. The summed E-state index contributed by atoms with van der Waals surface area (Å²) in [6, 6.07) is 4.88. The summed E-state index contributed by atoms with van der Waals surface area (Å²) in [6.45, 7) is 3.57. The van der Waals surface area contributed by atoms with Crippen LogP contribution in [0.4, 0.5) is 13.2 Å². The van der Waals surface area contributed by atoms with E-state index in [9.17, 15) is 18.0 Å². The minimum Gasteiger partial charge on any atom is -0.349 e. The van der Waals surface area contributed by atoms with Crippen LogP contribution in [0.5, 0.6) is 0 Å².